The van der Waals surface area contributed by atoms with Gasteiger partial charge in [-0.05, 0) is 11.5 Å². The fraction of sp³-hybridized carbons (Fsp3) is 0.0833. The van der Waals surface area contributed by atoms with Gasteiger partial charge < -0.3 is 14.9 Å². The summed E-state index contributed by atoms with van der Waals surface area (Å²) >= 11 is 0. The third-order valence-electron chi connectivity index (χ3n) is 2.41. The van der Waals surface area contributed by atoms with E-state index in [-0.39, 0.29) is 17.1 Å². The highest BCUT2D eigenvalue weighted by molar-refractivity contribution is 6.01. The van der Waals surface area contributed by atoms with Gasteiger partial charge in [0.1, 0.15) is 5.56 Å². The largest absolute Gasteiger partial charge is 0.504 e. The SMILES string of the molecule is COc1c(O)c(C(=O)O)cc2ccccc12. The zero-order valence-electron chi connectivity index (χ0n) is 8.60. The summed E-state index contributed by atoms with van der Waals surface area (Å²) in [5, 5.41) is 20.1. The van der Waals surface area contributed by atoms with Crippen molar-refractivity contribution in [2.45, 2.75) is 0 Å². The minimum Gasteiger partial charge on any atom is -0.504 e. The van der Waals surface area contributed by atoms with Gasteiger partial charge in [-0.25, -0.2) is 4.79 Å². The summed E-state index contributed by atoms with van der Waals surface area (Å²) in [6, 6.07) is 8.55. The standard InChI is InChI=1S/C12H10O4/c1-16-11-8-5-3-2-4-7(8)6-9(10(11)13)12(14)15/h2-6,13H,1H3,(H,14,15). The first-order valence-corrected chi connectivity index (χ1v) is 4.67. The van der Waals surface area contributed by atoms with Crippen LogP contribution in [0.2, 0.25) is 0 Å². The van der Waals surface area contributed by atoms with E-state index in [2.05, 4.69) is 0 Å². The van der Waals surface area contributed by atoms with Gasteiger partial charge in [-0.3, -0.25) is 0 Å². The molecule has 4 nitrogen and oxygen atoms in total. The molecule has 0 saturated carbocycles. The first kappa shape index (κ1) is 10.3. The number of carbonyl (C=O) groups is 1. The summed E-state index contributed by atoms with van der Waals surface area (Å²) in [7, 11) is 1.40. The molecule has 0 atom stereocenters. The highest BCUT2D eigenvalue weighted by Crippen LogP contribution is 2.37. The Labute approximate surface area is 91.7 Å². The van der Waals surface area contributed by atoms with Crippen LogP contribution in [0.4, 0.5) is 0 Å². The normalized spacial score (nSPS) is 10.3. The molecule has 4 heteroatoms. The molecule has 2 aromatic carbocycles. The van der Waals surface area contributed by atoms with Crippen molar-refractivity contribution in [1.82, 2.24) is 0 Å². The summed E-state index contributed by atoms with van der Waals surface area (Å²) in [5.41, 5.74) is -0.157. The molecule has 0 amide bonds. The molecule has 0 aliphatic rings. The topological polar surface area (TPSA) is 66.8 Å². The van der Waals surface area contributed by atoms with Crippen molar-refractivity contribution in [3.05, 3.63) is 35.9 Å². The molecule has 2 N–H and O–H groups in total. The molecule has 0 aliphatic carbocycles. The summed E-state index contributed by atoms with van der Waals surface area (Å²) in [6.45, 7) is 0. The van der Waals surface area contributed by atoms with Gasteiger partial charge in [0.25, 0.3) is 0 Å². The van der Waals surface area contributed by atoms with Gasteiger partial charge in [-0.1, -0.05) is 24.3 Å². The van der Waals surface area contributed by atoms with Gasteiger partial charge in [-0.15, -0.1) is 0 Å². The molecular weight excluding hydrogens is 208 g/mol. The number of fused-ring (bicyclic) bond motifs is 1. The first-order valence-electron chi connectivity index (χ1n) is 4.67. The van der Waals surface area contributed by atoms with Crippen molar-refractivity contribution in [1.29, 1.82) is 0 Å². The summed E-state index contributed by atoms with van der Waals surface area (Å²) in [4.78, 5) is 10.9. The second-order valence-corrected chi connectivity index (χ2v) is 3.33. The summed E-state index contributed by atoms with van der Waals surface area (Å²) in [5.74, 6) is -1.33. The molecule has 82 valence electrons. The second-order valence-electron chi connectivity index (χ2n) is 3.33. The van der Waals surface area contributed by atoms with E-state index in [0.29, 0.717) is 5.39 Å². The highest BCUT2D eigenvalue weighted by Gasteiger charge is 2.17. The van der Waals surface area contributed by atoms with Crippen LogP contribution in [-0.4, -0.2) is 23.3 Å². The average molecular weight is 218 g/mol. The molecule has 16 heavy (non-hydrogen) atoms. The Kier molecular flexibility index (Phi) is 2.40. The van der Waals surface area contributed by atoms with Crippen LogP contribution >= 0.6 is 0 Å². The number of methoxy groups -OCH3 is 1. The molecule has 0 saturated heterocycles. The van der Waals surface area contributed by atoms with Gasteiger partial charge >= 0.3 is 5.97 Å². The quantitative estimate of drug-likeness (QED) is 0.811. The summed E-state index contributed by atoms with van der Waals surface area (Å²) in [6.07, 6.45) is 0. The average Bonchev–Trinajstić information content (AvgIpc) is 2.28. The monoisotopic (exact) mass is 218 g/mol. The molecule has 0 heterocycles. The molecule has 0 aliphatic heterocycles. The van der Waals surface area contributed by atoms with Crippen LogP contribution in [0.1, 0.15) is 10.4 Å². The van der Waals surface area contributed by atoms with Crippen LogP contribution in [0.15, 0.2) is 30.3 Å². The third kappa shape index (κ3) is 1.44. The highest BCUT2D eigenvalue weighted by atomic mass is 16.5. The molecule has 2 aromatic rings. The van der Waals surface area contributed by atoms with Crippen molar-refractivity contribution < 1.29 is 19.7 Å². The molecule has 0 spiro atoms. The smallest absolute Gasteiger partial charge is 0.339 e. The first-order chi connectivity index (χ1) is 7.65. The lowest BCUT2D eigenvalue weighted by atomic mass is 10.0. The lowest BCUT2D eigenvalue weighted by Gasteiger charge is -2.10. The number of aromatic carboxylic acids is 1. The number of rotatable bonds is 2. The Balaban J connectivity index is 2.88. The molecule has 0 unspecified atom stereocenters. The van der Waals surface area contributed by atoms with E-state index in [4.69, 9.17) is 9.84 Å². The van der Waals surface area contributed by atoms with Crippen molar-refractivity contribution in [2.24, 2.45) is 0 Å². The van der Waals surface area contributed by atoms with E-state index in [1.54, 1.807) is 24.3 Å². The van der Waals surface area contributed by atoms with Crippen LogP contribution in [-0.2, 0) is 0 Å². The Morgan fingerprint density at radius 1 is 1.31 bits per heavy atom. The third-order valence-corrected chi connectivity index (χ3v) is 2.41. The van der Waals surface area contributed by atoms with Crippen LogP contribution in [0, 0.1) is 0 Å². The Morgan fingerprint density at radius 2 is 2.00 bits per heavy atom. The number of phenols is 1. The van der Waals surface area contributed by atoms with Gasteiger partial charge in [0.05, 0.1) is 7.11 Å². The zero-order valence-corrected chi connectivity index (χ0v) is 8.60. The number of aromatic hydroxyl groups is 1. The van der Waals surface area contributed by atoms with E-state index in [0.717, 1.165) is 5.39 Å². The number of carboxylic acids is 1. The fourth-order valence-electron chi connectivity index (χ4n) is 1.67. The van der Waals surface area contributed by atoms with Crippen LogP contribution in [0.3, 0.4) is 0 Å². The fourth-order valence-corrected chi connectivity index (χ4v) is 1.67. The van der Waals surface area contributed by atoms with E-state index >= 15 is 0 Å². The Morgan fingerprint density at radius 3 is 2.62 bits per heavy atom. The minimum atomic E-state index is -1.18. The number of benzene rings is 2. The van der Waals surface area contributed by atoms with Crippen molar-refractivity contribution in [2.75, 3.05) is 7.11 Å². The lowest BCUT2D eigenvalue weighted by molar-refractivity contribution is 0.0693. The van der Waals surface area contributed by atoms with E-state index in [1.807, 2.05) is 0 Å². The second kappa shape index (κ2) is 3.73. The predicted octanol–water partition coefficient (Wildman–Crippen LogP) is 2.25. The molecule has 0 fully saturated rings. The van der Waals surface area contributed by atoms with Crippen LogP contribution in [0.5, 0.6) is 11.5 Å². The number of hydrogen-bond donors (Lipinski definition) is 2. The van der Waals surface area contributed by atoms with Crippen molar-refractivity contribution >= 4 is 16.7 Å². The zero-order chi connectivity index (χ0) is 11.7. The molecule has 2 rings (SSSR count). The molecule has 0 radical (unpaired) electrons. The maximum Gasteiger partial charge on any atom is 0.339 e. The van der Waals surface area contributed by atoms with E-state index in [1.165, 1.54) is 13.2 Å². The number of hydrogen-bond acceptors (Lipinski definition) is 3. The summed E-state index contributed by atoms with van der Waals surface area (Å²) < 4.78 is 5.04. The minimum absolute atomic E-state index is 0.157. The Hall–Kier alpha value is -2.23. The number of ether oxygens (including phenoxy) is 1. The molecule has 0 aromatic heterocycles. The van der Waals surface area contributed by atoms with E-state index in [9.17, 15) is 9.90 Å². The molecule has 0 bridgehead atoms. The van der Waals surface area contributed by atoms with Crippen LogP contribution < -0.4 is 4.74 Å². The van der Waals surface area contributed by atoms with Crippen LogP contribution in [0.25, 0.3) is 10.8 Å². The van der Waals surface area contributed by atoms with Crippen molar-refractivity contribution in [3.63, 3.8) is 0 Å². The predicted molar refractivity (Wildman–Crippen MR) is 59.1 cm³/mol. The van der Waals surface area contributed by atoms with Gasteiger partial charge in [0.15, 0.2) is 11.5 Å². The molecular formula is C12H10O4. The van der Waals surface area contributed by atoms with Gasteiger partial charge in [-0.2, -0.15) is 0 Å². The number of carboxylic acid groups (broad SMARTS) is 1. The van der Waals surface area contributed by atoms with E-state index < -0.39 is 5.97 Å². The maximum absolute atomic E-state index is 10.9. The Bertz CT molecular complexity index is 560. The lowest BCUT2D eigenvalue weighted by Crippen LogP contribution is -1.99. The van der Waals surface area contributed by atoms with Crippen molar-refractivity contribution in [3.8, 4) is 11.5 Å². The van der Waals surface area contributed by atoms with Gasteiger partial charge in [0.2, 0.25) is 0 Å². The van der Waals surface area contributed by atoms with Gasteiger partial charge in [0, 0.05) is 5.39 Å². The maximum atomic E-state index is 10.9.